The molecule has 0 aliphatic carbocycles. The number of carbonyl (C=O) groups excluding carboxylic acids is 2. The Morgan fingerprint density at radius 3 is 2.41 bits per heavy atom. The number of piperidine rings is 1. The van der Waals surface area contributed by atoms with Gasteiger partial charge < -0.3 is 16.0 Å². The lowest BCUT2D eigenvalue weighted by atomic mass is 9.91. The zero-order valence-corrected chi connectivity index (χ0v) is 10.9. The lowest BCUT2D eigenvalue weighted by Crippen LogP contribution is -2.46. The Morgan fingerprint density at radius 1 is 1.29 bits per heavy atom. The van der Waals surface area contributed by atoms with Crippen molar-refractivity contribution >= 4 is 11.8 Å². The normalized spacial score (nSPS) is 17.6. The summed E-state index contributed by atoms with van der Waals surface area (Å²) in [6.07, 6.45) is 1.76. The maximum atomic E-state index is 11.9. The lowest BCUT2D eigenvalue weighted by Gasteiger charge is -2.26. The first-order valence-electron chi connectivity index (χ1n) is 6.18. The second kappa shape index (κ2) is 6.00. The first kappa shape index (κ1) is 14.0. The van der Waals surface area contributed by atoms with Crippen LogP contribution in [0.5, 0.6) is 0 Å². The van der Waals surface area contributed by atoms with Crippen LogP contribution in [0.1, 0.15) is 26.7 Å². The summed E-state index contributed by atoms with van der Waals surface area (Å²) in [5.41, 5.74) is -0.558. The molecule has 0 spiro atoms. The molecule has 0 bridgehead atoms. The largest absolute Gasteiger partial charge is 0.359 e. The van der Waals surface area contributed by atoms with Gasteiger partial charge in [0.1, 0.15) is 0 Å². The molecule has 98 valence electrons. The highest BCUT2D eigenvalue weighted by Crippen LogP contribution is 2.15. The summed E-state index contributed by atoms with van der Waals surface area (Å²) in [4.78, 5) is 23.4. The summed E-state index contributed by atoms with van der Waals surface area (Å²) >= 11 is 0. The van der Waals surface area contributed by atoms with E-state index in [0.29, 0.717) is 6.54 Å². The van der Waals surface area contributed by atoms with Crippen LogP contribution in [0, 0.1) is 11.3 Å². The zero-order chi connectivity index (χ0) is 12.9. The number of nitrogens with one attached hydrogen (secondary N) is 3. The zero-order valence-electron chi connectivity index (χ0n) is 10.9. The molecule has 2 amide bonds. The smallest absolute Gasteiger partial charge is 0.227 e. The van der Waals surface area contributed by atoms with Crippen LogP contribution in [-0.2, 0) is 9.59 Å². The Balaban J connectivity index is 2.39. The van der Waals surface area contributed by atoms with Crippen molar-refractivity contribution in [3.63, 3.8) is 0 Å². The molecular formula is C12H23N3O2. The fourth-order valence-electron chi connectivity index (χ4n) is 1.96. The van der Waals surface area contributed by atoms with Gasteiger partial charge >= 0.3 is 0 Å². The van der Waals surface area contributed by atoms with Crippen molar-refractivity contribution in [2.45, 2.75) is 26.7 Å². The van der Waals surface area contributed by atoms with Crippen LogP contribution in [0.2, 0.25) is 0 Å². The van der Waals surface area contributed by atoms with E-state index in [1.807, 2.05) is 13.8 Å². The molecule has 0 radical (unpaired) electrons. The molecule has 0 saturated carbocycles. The molecule has 1 rings (SSSR count). The van der Waals surface area contributed by atoms with Gasteiger partial charge in [-0.05, 0) is 39.8 Å². The molecule has 0 atom stereocenters. The van der Waals surface area contributed by atoms with Gasteiger partial charge in [0.2, 0.25) is 11.8 Å². The molecule has 0 aromatic carbocycles. The Hall–Kier alpha value is -1.10. The number of carbonyl (C=O) groups is 2. The molecule has 1 saturated heterocycles. The third-order valence-electron chi connectivity index (χ3n) is 3.26. The van der Waals surface area contributed by atoms with E-state index in [1.165, 1.54) is 0 Å². The molecule has 0 unspecified atom stereocenters. The highest BCUT2D eigenvalue weighted by Gasteiger charge is 2.28. The topological polar surface area (TPSA) is 70.2 Å². The molecule has 1 aliphatic heterocycles. The molecule has 5 heteroatoms. The van der Waals surface area contributed by atoms with Crippen LogP contribution >= 0.6 is 0 Å². The Labute approximate surface area is 103 Å². The van der Waals surface area contributed by atoms with Crippen molar-refractivity contribution in [2.75, 3.05) is 26.7 Å². The lowest BCUT2D eigenvalue weighted by molar-refractivity contribution is -0.130. The van der Waals surface area contributed by atoms with Gasteiger partial charge in [-0.15, -0.1) is 0 Å². The highest BCUT2D eigenvalue weighted by molar-refractivity contribution is 5.83. The maximum Gasteiger partial charge on any atom is 0.227 e. The summed E-state index contributed by atoms with van der Waals surface area (Å²) < 4.78 is 0. The molecular weight excluding hydrogens is 218 g/mol. The molecule has 1 fully saturated rings. The predicted octanol–water partition coefficient (Wildman–Crippen LogP) is -0.126. The van der Waals surface area contributed by atoms with Gasteiger partial charge in [-0.25, -0.2) is 0 Å². The monoisotopic (exact) mass is 241 g/mol. The summed E-state index contributed by atoms with van der Waals surface area (Å²) in [7, 11) is 1.61. The van der Waals surface area contributed by atoms with Crippen LogP contribution in [0.25, 0.3) is 0 Å². The summed E-state index contributed by atoms with van der Waals surface area (Å²) in [5.74, 6) is 0.114. The standard InChI is InChI=1S/C12H23N3O2/c1-12(2,11(17)13-3)8-15-10(16)9-4-6-14-7-5-9/h9,14H,4-8H2,1-3H3,(H,13,17)(H,15,16). The van der Waals surface area contributed by atoms with E-state index >= 15 is 0 Å². The minimum atomic E-state index is -0.558. The van der Waals surface area contributed by atoms with Gasteiger partial charge in [-0.3, -0.25) is 9.59 Å². The minimum Gasteiger partial charge on any atom is -0.359 e. The Bertz CT molecular complexity index is 283. The molecule has 17 heavy (non-hydrogen) atoms. The average Bonchev–Trinajstić information content (AvgIpc) is 2.36. The molecule has 0 aromatic heterocycles. The Kier molecular flexibility index (Phi) is 4.93. The summed E-state index contributed by atoms with van der Waals surface area (Å²) in [6, 6.07) is 0. The number of rotatable bonds is 4. The minimum absolute atomic E-state index is 0.0527. The second-order valence-electron chi connectivity index (χ2n) is 5.21. The molecule has 1 heterocycles. The van der Waals surface area contributed by atoms with E-state index in [9.17, 15) is 9.59 Å². The van der Waals surface area contributed by atoms with Gasteiger partial charge in [-0.2, -0.15) is 0 Å². The maximum absolute atomic E-state index is 11.9. The van der Waals surface area contributed by atoms with E-state index in [1.54, 1.807) is 7.05 Å². The molecule has 1 aliphatic rings. The van der Waals surface area contributed by atoms with E-state index in [4.69, 9.17) is 0 Å². The van der Waals surface area contributed by atoms with Gasteiger partial charge in [0.25, 0.3) is 0 Å². The van der Waals surface area contributed by atoms with Gasteiger partial charge in [-0.1, -0.05) is 0 Å². The van der Waals surface area contributed by atoms with Crippen LogP contribution in [0.15, 0.2) is 0 Å². The van der Waals surface area contributed by atoms with Crippen LogP contribution in [-0.4, -0.2) is 38.5 Å². The Morgan fingerprint density at radius 2 is 1.88 bits per heavy atom. The molecule has 3 N–H and O–H groups in total. The highest BCUT2D eigenvalue weighted by atomic mass is 16.2. The number of amides is 2. The van der Waals surface area contributed by atoms with E-state index in [2.05, 4.69) is 16.0 Å². The quantitative estimate of drug-likeness (QED) is 0.642. The van der Waals surface area contributed by atoms with Crippen LogP contribution in [0.3, 0.4) is 0 Å². The third-order valence-corrected chi connectivity index (χ3v) is 3.26. The van der Waals surface area contributed by atoms with Crippen molar-refractivity contribution in [3.8, 4) is 0 Å². The van der Waals surface area contributed by atoms with E-state index < -0.39 is 5.41 Å². The van der Waals surface area contributed by atoms with Crippen molar-refractivity contribution in [3.05, 3.63) is 0 Å². The van der Waals surface area contributed by atoms with Crippen molar-refractivity contribution in [1.29, 1.82) is 0 Å². The van der Waals surface area contributed by atoms with E-state index in [0.717, 1.165) is 25.9 Å². The fraction of sp³-hybridized carbons (Fsp3) is 0.833. The third kappa shape index (κ3) is 4.00. The van der Waals surface area contributed by atoms with Crippen molar-refractivity contribution in [1.82, 2.24) is 16.0 Å². The van der Waals surface area contributed by atoms with Crippen molar-refractivity contribution < 1.29 is 9.59 Å². The van der Waals surface area contributed by atoms with E-state index in [-0.39, 0.29) is 17.7 Å². The van der Waals surface area contributed by atoms with Gasteiger partial charge in [0, 0.05) is 19.5 Å². The predicted molar refractivity (Wildman–Crippen MR) is 66.5 cm³/mol. The first-order chi connectivity index (χ1) is 7.97. The summed E-state index contributed by atoms with van der Waals surface area (Å²) in [5, 5.41) is 8.71. The summed E-state index contributed by atoms with van der Waals surface area (Å²) in [6.45, 7) is 5.84. The second-order valence-corrected chi connectivity index (χ2v) is 5.21. The fourth-order valence-corrected chi connectivity index (χ4v) is 1.96. The molecule has 5 nitrogen and oxygen atoms in total. The average molecular weight is 241 g/mol. The number of hydrogen-bond acceptors (Lipinski definition) is 3. The van der Waals surface area contributed by atoms with Gasteiger partial charge in [0.05, 0.1) is 5.41 Å². The van der Waals surface area contributed by atoms with Crippen molar-refractivity contribution in [2.24, 2.45) is 11.3 Å². The van der Waals surface area contributed by atoms with Crippen LogP contribution in [0.4, 0.5) is 0 Å². The SMILES string of the molecule is CNC(=O)C(C)(C)CNC(=O)C1CCNCC1. The molecule has 0 aromatic rings. The number of hydrogen-bond donors (Lipinski definition) is 3. The van der Waals surface area contributed by atoms with Gasteiger partial charge in [0.15, 0.2) is 0 Å². The van der Waals surface area contributed by atoms with Crippen LogP contribution < -0.4 is 16.0 Å². The first-order valence-corrected chi connectivity index (χ1v) is 6.18.